The molecule has 0 spiro atoms. The average molecular weight is 242 g/mol. The molecule has 0 aliphatic carbocycles. The van der Waals surface area contributed by atoms with Gasteiger partial charge in [-0.2, -0.15) is 0 Å². The number of hydrogen-bond donors (Lipinski definition) is 1. The van der Waals surface area contributed by atoms with Crippen LogP contribution in [0.15, 0.2) is 30.5 Å². The van der Waals surface area contributed by atoms with E-state index in [0.29, 0.717) is 11.8 Å². The first-order valence-corrected chi connectivity index (χ1v) is 7.04. The lowest BCUT2D eigenvalue weighted by Gasteiger charge is -2.08. The minimum absolute atomic E-state index is 0.690. The first-order chi connectivity index (χ1) is 8.75. The summed E-state index contributed by atoms with van der Waals surface area (Å²) in [5.41, 5.74) is 2.93. The van der Waals surface area contributed by atoms with Gasteiger partial charge in [0.15, 0.2) is 0 Å². The van der Waals surface area contributed by atoms with E-state index in [4.69, 9.17) is 0 Å². The molecule has 18 heavy (non-hydrogen) atoms. The van der Waals surface area contributed by atoms with Crippen LogP contribution in [0.25, 0.3) is 10.9 Å². The number of aromatic nitrogens is 1. The van der Waals surface area contributed by atoms with Crippen LogP contribution in [0.1, 0.15) is 31.7 Å². The molecular formula is C16H22N2. The Hall–Kier alpha value is -1.28. The fraction of sp³-hybridized carbons (Fsp3) is 0.500. The van der Waals surface area contributed by atoms with Gasteiger partial charge in [-0.15, -0.1) is 0 Å². The highest BCUT2D eigenvalue weighted by Gasteiger charge is 2.21. The van der Waals surface area contributed by atoms with Crippen molar-refractivity contribution in [2.75, 3.05) is 13.1 Å². The number of hydrogen-bond acceptors (Lipinski definition) is 1. The number of nitrogens with one attached hydrogen (secondary N) is 1. The first-order valence-electron chi connectivity index (χ1n) is 7.04. The lowest BCUT2D eigenvalue weighted by atomic mass is 9.98. The van der Waals surface area contributed by atoms with Crippen LogP contribution in [0.5, 0.6) is 0 Å². The van der Waals surface area contributed by atoms with Gasteiger partial charge in [-0.3, -0.25) is 0 Å². The fourth-order valence-electron chi connectivity index (χ4n) is 3.07. The third kappa shape index (κ3) is 2.05. The molecule has 0 radical (unpaired) electrons. The van der Waals surface area contributed by atoms with Crippen LogP contribution in [0.3, 0.4) is 0 Å². The van der Waals surface area contributed by atoms with Crippen molar-refractivity contribution in [3.8, 4) is 0 Å². The second-order valence-electron chi connectivity index (χ2n) is 5.84. The molecule has 0 amide bonds. The van der Waals surface area contributed by atoms with Gasteiger partial charge in [0.2, 0.25) is 0 Å². The van der Waals surface area contributed by atoms with Gasteiger partial charge in [0.05, 0.1) is 0 Å². The summed E-state index contributed by atoms with van der Waals surface area (Å²) >= 11 is 0. The summed E-state index contributed by atoms with van der Waals surface area (Å²) in [6, 6.07) is 8.84. The zero-order valence-corrected chi connectivity index (χ0v) is 11.3. The second-order valence-corrected chi connectivity index (χ2v) is 5.84. The van der Waals surface area contributed by atoms with E-state index in [9.17, 15) is 0 Å². The molecule has 2 heteroatoms. The zero-order chi connectivity index (χ0) is 12.5. The molecule has 3 rings (SSSR count). The zero-order valence-electron chi connectivity index (χ0n) is 11.3. The monoisotopic (exact) mass is 242 g/mol. The molecule has 2 aromatic rings. The van der Waals surface area contributed by atoms with Crippen molar-refractivity contribution in [2.45, 2.75) is 32.7 Å². The molecule has 1 saturated heterocycles. The lowest BCUT2D eigenvalue weighted by molar-refractivity contribution is 0.533. The maximum atomic E-state index is 3.48. The van der Waals surface area contributed by atoms with E-state index >= 15 is 0 Å². The Kier molecular flexibility index (Phi) is 3.13. The van der Waals surface area contributed by atoms with E-state index in [1.807, 2.05) is 0 Å². The van der Waals surface area contributed by atoms with E-state index in [2.05, 4.69) is 54.2 Å². The lowest BCUT2D eigenvalue weighted by Crippen LogP contribution is -2.07. The summed E-state index contributed by atoms with van der Waals surface area (Å²) in [7, 11) is 0. The summed E-state index contributed by atoms with van der Waals surface area (Å²) in [6.45, 7) is 7.97. The Balaban J connectivity index is 2.07. The third-order valence-corrected chi connectivity index (χ3v) is 3.88. The van der Waals surface area contributed by atoms with Crippen LogP contribution < -0.4 is 5.32 Å². The van der Waals surface area contributed by atoms with Gasteiger partial charge in [-0.1, -0.05) is 32.0 Å². The average Bonchev–Trinajstić information content (AvgIpc) is 2.96. The molecule has 96 valence electrons. The Bertz CT molecular complexity index is 533. The molecule has 1 unspecified atom stereocenters. The van der Waals surface area contributed by atoms with Crippen LogP contribution in [-0.2, 0) is 6.54 Å². The Morgan fingerprint density at radius 2 is 2.17 bits per heavy atom. The molecule has 2 heterocycles. The van der Waals surface area contributed by atoms with Crippen molar-refractivity contribution in [1.82, 2.24) is 9.88 Å². The number of nitrogens with zero attached hydrogens (tertiary/aromatic N) is 1. The van der Waals surface area contributed by atoms with Crippen LogP contribution in [0, 0.1) is 5.92 Å². The van der Waals surface area contributed by atoms with Gasteiger partial charge in [-0.05, 0) is 36.4 Å². The molecule has 1 fully saturated rings. The van der Waals surface area contributed by atoms with Crippen LogP contribution in [-0.4, -0.2) is 17.7 Å². The van der Waals surface area contributed by atoms with Crippen LogP contribution in [0.4, 0.5) is 0 Å². The highest BCUT2D eigenvalue weighted by Crippen LogP contribution is 2.31. The summed E-state index contributed by atoms with van der Waals surface area (Å²) in [6.07, 6.45) is 3.66. The van der Waals surface area contributed by atoms with Crippen molar-refractivity contribution >= 4 is 10.9 Å². The van der Waals surface area contributed by atoms with E-state index in [0.717, 1.165) is 19.6 Å². The summed E-state index contributed by atoms with van der Waals surface area (Å²) < 4.78 is 2.44. The molecule has 0 bridgehead atoms. The molecular weight excluding hydrogens is 220 g/mol. The fourth-order valence-corrected chi connectivity index (χ4v) is 3.07. The summed E-state index contributed by atoms with van der Waals surface area (Å²) in [5.74, 6) is 1.39. The van der Waals surface area contributed by atoms with Crippen LogP contribution in [0.2, 0.25) is 0 Å². The van der Waals surface area contributed by atoms with Crippen molar-refractivity contribution in [3.05, 3.63) is 36.0 Å². The first kappa shape index (κ1) is 11.8. The van der Waals surface area contributed by atoms with Crippen molar-refractivity contribution in [2.24, 2.45) is 5.92 Å². The number of benzene rings is 1. The summed E-state index contributed by atoms with van der Waals surface area (Å²) in [5, 5.41) is 4.93. The third-order valence-electron chi connectivity index (χ3n) is 3.88. The smallest absolute Gasteiger partial charge is 0.0483 e. The van der Waals surface area contributed by atoms with Gasteiger partial charge < -0.3 is 9.88 Å². The van der Waals surface area contributed by atoms with Gasteiger partial charge in [0.25, 0.3) is 0 Å². The predicted molar refractivity (Wildman–Crippen MR) is 77.0 cm³/mol. The SMILES string of the molecule is CC(C)Cn1cc(C2CCNC2)c2ccccc21. The Morgan fingerprint density at radius 3 is 2.89 bits per heavy atom. The molecule has 0 saturated carbocycles. The normalized spacial score (nSPS) is 20.1. The van der Waals surface area contributed by atoms with Gasteiger partial charge in [0, 0.05) is 30.2 Å². The van der Waals surface area contributed by atoms with E-state index < -0.39 is 0 Å². The standard InChI is InChI=1S/C16H22N2/c1-12(2)10-18-11-15(13-7-8-17-9-13)14-5-3-4-6-16(14)18/h3-6,11-13,17H,7-10H2,1-2H3. The maximum absolute atomic E-state index is 3.48. The van der Waals surface area contributed by atoms with E-state index in [-0.39, 0.29) is 0 Å². The maximum Gasteiger partial charge on any atom is 0.0483 e. The Morgan fingerprint density at radius 1 is 1.33 bits per heavy atom. The molecule has 1 aliphatic heterocycles. The Labute approximate surface area is 109 Å². The van der Waals surface area contributed by atoms with Gasteiger partial charge in [0.1, 0.15) is 0 Å². The molecule has 1 aliphatic rings. The van der Waals surface area contributed by atoms with E-state index in [1.54, 1.807) is 0 Å². The number of fused-ring (bicyclic) bond motifs is 1. The van der Waals surface area contributed by atoms with Gasteiger partial charge in [-0.25, -0.2) is 0 Å². The molecule has 1 N–H and O–H groups in total. The molecule has 2 nitrogen and oxygen atoms in total. The largest absolute Gasteiger partial charge is 0.347 e. The van der Waals surface area contributed by atoms with E-state index in [1.165, 1.54) is 22.9 Å². The minimum Gasteiger partial charge on any atom is -0.347 e. The quantitative estimate of drug-likeness (QED) is 0.873. The minimum atomic E-state index is 0.690. The molecule has 1 aromatic heterocycles. The molecule has 1 atom stereocenters. The van der Waals surface area contributed by atoms with Crippen molar-refractivity contribution < 1.29 is 0 Å². The predicted octanol–water partition coefficient (Wildman–Crippen LogP) is 3.37. The highest BCUT2D eigenvalue weighted by molar-refractivity contribution is 5.84. The van der Waals surface area contributed by atoms with Crippen molar-refractivity contribution in [1.29, 1.82) is 0 Å². The second kappa shape index (κ2) is 4.77. The van der Waals surface area contributed by atoms with Crippen molar-refractivity contribution in [3.63, 3.8) is 0 Å². The highest BCUT2D eigenvalue weighted by atomic mass is 15.0. The topological polar surface area (TPSA) is 17.0 Å². The van der Waals surface area contributed by atoms with Gasteiger partial charge >= 0.3 is 0 Å². The molecule has 1 aromatic carbocycles. The number of rotatable bonds is 3. The number of para-hydroxylation sites is 1. The summed E-state index contributed by atoms with van der Waals surface area (Å²) in [4.78, 5) is 0. The van der Waals surface area contributed by atoms with Crippen LogP contribution >= 0.6 is 0 Å².